The molecule has 0 unspecified atom stereocenters. The van der Waals surface area contributed by atoms with E-state index in [1.165, 1.54) is 11.3 Å². The molecule has 2 N–H and O–H groups in total. The fourth-order valence-corrected chi connectivity index (χ4v) is 2.73. The number of aromatic nitrogens is 1. The Balaban J connectivity index is 1.85. The van der Waals surface area contributed by atoms with E-state index in [1.54, 1.807) is 6.20 Å². The summed E-state index contributed by atoms with van der Waals surface area (Å²) in [4.78, 5) is 16.7. The van der Waals surface area contributed by atoms with E-state index in [0.717, 1.165) is 16.3 Å². The Bertz CT molecular complexity index is 595. The van der Waals surface area contributed by atoms with E-state index < -0.39 is 0 Å². The van der Waals surface area contributed by atoms with E-state index in [9.17, 15) is 4.79 Å². The maximum absolute atomic E-state index is 11.7. The van der Waals surface area contributed by atoms with Gasteiger partial charge in [-0.1, -0.05) is 25.4 Å². The molecular formula is C15H18ClN3OS. The van der Waals surface area contributed by atoms with Crippen LogP contribution in [0.3, 0.4) is 0 Å². The van der Waals surface area contributed by atoms with E-state index in [2.05, 4.69) is 15.6 Å². The number of amides is 1. The van der Waals surface area contributed by atoms with Crippen LogP contribution in [0.2, 0.25) is 4.47 Å². The molecular weight excluding hydrogens is 306 g/mol. The van der Waals surface area contributed by atoms with Crippen molar-refractivity contribution in [2.45, 2.75) is 26.8 Å². The minimum Gasteiger partial charge on any atom is -0.380 e. The van der Waals surface area contributed by atoms with Crippen LogP contribution in [0.1, 0.15) is 25.1 Å². The Kier molecular flexibility index (Phi) is 5.59. The van der Waals surface area contributed by atoms with Gasteiger partial charge in [0.25, 0.3) is 0 Å². The summed E-state index contributed by atoms with van der Waals surface area (Å²) < 4.78 is 0.551. The van der Waals surface area contributed by atoms with Gasteiger partial charge in [-0.3, -0.25) is 4.79 Å². The molecule has 0 saturated heterocycles. The van der Waals surface area contributed by atoms with Crippen molar-refractivity contribution in [3.05, 3.63) is 39.8 Å². The zero-order valence-electron chi connectivity index (χ0n) is 12.0. The lowest BCUT2D eigenvalue weighted by Gasteiger charge is -2.09. The minimum absolute atomic E-state index is 0.0463. The lowest BCUT2D eigenvalue weighted by atomic mass is 10.1. The fraction of sp³-hybridized carbons (Fsp3) is 0.333. The quantitative estimate of drug-likeness (QED) is 0.828. The smallest absolute Gasteiger partial charge is 0.224 e. The molecule has 2 aromatic rings. The zero-order chi connectivity index (χ0) is 15.2. The number of carbonyl (C=O) groups is 1. The number of rotatable bonds is 6. The van der Waals surface area contributed by atoms with Crippen molar-refractivity contribution in [2.24, 2.45) is 5.92 Å². The number of nitrogens with zero attached hydrogens (tertiary/aromatic N) is 1. The molecule has 0 spiro atoms. The topological polar surface area (TPSA) is 54.0 Å². The van der Waals surface area contributed by atoms with Crippen LogP contribution in [0, 0.1) is 5.92 Å². The van der Waals surface area contributed by atoms with Gasteiger partial charge in [0.15, 0.2) is 4.47 Å². The van der Waals surface area contributed by atoms with Gasteiger partial charge in [0.05, 0.1) is 6.54 Å². The first-order chi connectivity index (χ1) is 10.0. The molecule has 0 aliphatic rings. The van der Waals surface area contributed by atoms with Gasteiger partial charge in [-0.15, -0.1) is 11.3 Å². The monoisotopic (exact) mass is 323 g/mol. The largest absolute Gasteiger partial charge is 0.380 e. The highest BCUT2D eigenvalue weighted by atomic mass is 35.5. The van der Waals surface area contributed by atoms with Gasteiger partial charge >= 0.3 is 0 Å². The molecule has 6 heteroatoms. The predicted molar refractivity (Wildman–Crippen MR) is 89.0 cm³/mol. The van der Waals surface area contributed by atoms with Gasteiger partial charge in [-0.05, 0) is 30.2 Å². The van der Waals surface area contributed by atoms with Gasteiger partial charge in [0.1, 0.15) is 0 Å². The molecule has 0 aliphatic carbocycles. The van der Waals surface area contributed by atoms with Gasteiger partial charge < -0.3 is 10.6 Å². The molecule has 0 aliphatic heterocycles. The van der Waals surface area contributed by atoms with Crippen LogP contribution in [0.4, 0.5) is 11.4 Å². The summed E-state index contributed by atoms with van der Waals surface area (Å²) >= 11 is 7.25. The molecule has 2 rings (SSSR count). The average molecular weight is 324 g/mol. The summed E-state index contributed by atoms with van der Waals surface area (Å²) in [5.41, 5.74) is 1.80. The molecule has 1 heterocycles. The Labute approximate surface area is 133 Å². The Morgan fingerprint density at radius 3 is 2.52 bits per heavy atom. The third-order valence-corrected chi connectivity index (χ3v) is 3.87. The molecule has 1 amide bonds. The summed E-state index contributed by atoms with van der Waals surface area (Å²) in [7, 11) is 0. The average Bonchev–Trinajstić information content (AvgIpc) is 2.83. The molecule has 1 aromatic heterocycles. The van der Waals surface area contributed by atoms with Gasteiger partial charge in [0, 0.05) is 28.9 Å². The molecule has 0 saturated carbocycles. The van der Waals surface area contributed by atoms with Gasteiger partial charge in [0.2, 0.25) is 5.91 Å². The molecule has 4 nitrogen and oxygen atoms in total. The second-order valence-corrected chi connectivity index (χ2v) is 6.85. The molecule has 112 valence electrons. The number of nitrogens with one attached hydrogen (secondary N) is 2. The van der Waals surface area contributed by atoms with Crippen LogP contribution in [-0.4, -0.2) is 10.9 Å². The van der Waals surface area contributed by atoms with E-state index in [1.807, 2.05) is 38.1 Å². The highest BCUT2D eigenvalue weighted by Crippen LogP contribution is 2.20. The molecule has 21 heavy (non-hydrogen) atoms. The number of thiazole rings is 1. The van der Waals surface area contributed by atoms with Crippen molar-refractivity contribution in [3.8, 4) is 0 Å². The zero-order valence-corrected chi connectivity index (χ0v) is 13.6. The number of carbonyl (C=O) groups excluding carboxylic acids is 1. The number of anilines is 2. The second kappa shape index (κ2) is 7.43. The van der Waals surface area contributed by atoms with E-state index in [0.29, 0.717) is 23.4 Å². The Morgan fingerprint density at radius 1 is 1.29 bits per heavy atom. The summed E-state index contributed by atoms with van der Waals surface area (Å²) in [6, 6.07) is 7.65. The summed E-state index contributed by atoms with van der Waals surface area (Å²) in [6.45, 7) is 4.74. The standard InChI is InChI=1S/C15H18ClN3OS/c1-10(2)7-14(20)19-12-5-3-11(4-6-12)17-8-13-9-18-15(16)21-13/h3-6,9-10,17H,7-8H2,1-2H3,(H,19,20). The third kappa shape index (κ3) is 5.36. The predicted octanol–water partition coefficient (Wildman–Crippen LogP) is 4.39. The third-order valence-electron chi connectivity index (χ3n) is 2.75. The molecule has 0 bridgehead atoms. The highest BCUT2D eigenvalue weighted by Gasteiger charge is 2.05. The Morgan fingerprint density at radius 2 is 1.95 bits per heavy atom. The fourth-order valence-electron chi connectivity index (χ4n) is 1.81. The highest BCUT2D eigenvalue weighted by molar-refractivity contribution is 7.15. The summed E-state index contributed by atoms with van der Waals surface area (Å²) in [5, 5.41) is 6.17. The van der Waals surface area contributed by atoms with Gasteiger partial charge in [-0.2, -0.15) is 0 Å². The lowest BCUT2D eigenvalue weighted by Crippen LogP contribution is -2.13. The normalized spacial score (nSPS) is 10.7. The first kappa shape index (κ1) is 15.8. The lowest BCUT2D eigenvalue weighted by molar-refractivity contribution is -0.116. The minimum atomic E-state index is 0.0463. The summed E-state index contributed by atoms with van der Waals surface area (Å²) in [6.07, 6.45) is 2.30. The van der Waals surface area contributed by atoms with Crippen molar-refractivity contribution in [3.63, 3.8) is 0 Å². The van der Waals surface area contributed by atoms with Gasteiger partial charge in [-0.25, -0.2) is 4.98 Å². The van der Waals surface area contributed by atoms with Crippen molar-refractivity contribution >= 4 is 40.2 Å². The number of hydrogen-bond acceptors (Lipinski definition) is 4. The molecule has 0 fully saturated rings. The maximum Gasteiger partial charge on any atom is 0.224 e. The van der Waals surface area contributed by atoms with Crippen LogP contribution in [0.5, 0.6) is 0 Å². The van der Waals surface area contributed by atoms with Crippen LogP contribution >= 0.6 is 22.9 Å². The number of halogens is 1. The van der Waals surface area contributed by atoms with Crippen LogP contribution in [0.15, 0.2) is 30.5 Å². The van der Waals surface area contributed by atoms with Crippen molar-refractivity contribution in [2.75, 3.05) is 10.6 Å². The molecule has 0 atom stereocenters. The van der Waals surface area contributed by atoms with E-state index in [-0.39, 0.29) is 5.91 Å². The molecule has 1 aromatic carbocycles. The second-order valence-electron chi connectivity index (χ2n) is 5.16. The van der Waals surface area contributed by atoms with Crippen molar-refractivity contribution < 1.29 is 4.79 Å². The van der Waals surface area contributed by atoms with Crippen LogP contribution < -0.4 is 10.6 Å². The van der Waals surface area contributed by atoms with Crippen LogP contribution in [-0.2, 0) is 11.3 Å². The van der Waals surface area contributed by atoms with Crippen LogP contribution in [0.25, 0.3) is 0 Å². The first-order valence-electron chi connectivity index (χ1n) is 6.77. The van der Waals surface area contributed by atoms with Crippen molar-refractivity contribution in [1.82, 2.24) is 4.98 Å². The maximum atomic E-state index is 11.7. The SMILES string of the molecule is CC(C)CC(=O)Nc1ccc(NCc2cnc(Cl)s2)cc1. The summed E-state index contributed by atoms with van der Waals surface area (Å²) in [5.74, 6) is 0.405. The van der Waals surface area contributed by atoms with E-state index >= 15 is 0 Å². The first-order valence-corrected chi connectivity index (χ1v) is 7.96. The van der Waals surface area contributed by atoms with E-state index in [4.69, 9.17) is 11.6 Å². The number of benzene rings is 1. The Hall–Kier alpha value is -1.59. The van der Waals surface area contributed by atoms with Crippen molar-refractivity contribution in [1.29, 1.82) is 0 Å². The number of hydrogen-bond donors (Lipinski definition) is 2. The molecule has 0 radical (unpaired) electrons.